The summed E-state index contributed by atoms with van der Waals surface area (Å²) in [6.45, 7) is 6.47. The van der Waals surface area contributed by atoms with Gasteiger partial charge in [-0.3, -0.25) is 9.59 Å². The van der Waals surface area contributed by atoms with E-state index in [4.69, 9.17) is 4.74 Å². The molecule has 0 aliphatic rings. The Kier molecular flexibility index (Phi) is 18.5. The molecule has 0 aromatic carbocycles. The van der Waals surface area contributed by atoms with Crippen LogP contribution in [-0.4, -0.2) is 23.1 Å². The number of carbonyl (C=O) groups excluding carboxylic acids is 1. The summed E-state index contributed by atoms with van der Waals surface area (Å²) in [5, 5.41) is 9.71. The zero-order chi connectivity index (χ0) is 21.0. The Hall–Kier alpha value is -1.06. The van der Waals surface area contributed by atoms with Gasteiger partial charge in [-0.1, -0.05) is 97.8 Å². The van der Waals surface area contributed by atoms with Gasteiger partial charge < -0.3 is 9.84 Å². The number of hydrogen-bond donors (Lipinski definition) is 1. The van der Waals surface area contributed by atoms with E-state index in [-0.39, 0.29) is 5.97 Å². The van der Waals surface area contributed by atoms with Crippen LogP contribution in [0.25, 0.3) is 0 Å². The fourth-order valence-corrected chi connectivity index (χ4v) is 3.65. The molecule has 0 saturated carbocycles. The van der Waals surface area contributed by atoms with Gasteiger partial charge in [-0.2, -0.15) is 0 Å². The van der Waals surface area contributed by atoms with Gasteiger partial charge in [0.2, 0.25) is 0 Å². The first-order valence-corrected chi connectivity index (χ1v) is 12.0. The first kappa shape index (κ1) is 26.9. The highest BCUT2D eigenvalue weighted by Crippen LogP contribution is 2.23. The van der Waals surface area contributed by atoms with Crippen LogP contribution >= 0.6 is 0 Å². The third-order valence-electron chi connectivity index (χ3n) is 5.49. The number of hydrogen-bond acceptors (Lipinski definition) is 3. The summed E-state index contributed by atoms with van der Waals surface area (Å²) in [6.07, 6.45) is 16.6. The molecule has 1 N–H and O–H groups in total. The summed E-state index contributed by atoms with van der Waals surface area (Å²) >= 11 is 0. The van der Waals surface area contributed by atoms with Crippen LogP contribution < -0.4 is 0 Å². The van der Waals surface area contributed by atoms with Crippen LogP contribution in [-0.2, 0) is 14.3 Å². The van der Waals surface area contributed by atoms with E-state index in [1.807, 2.05) is 0 Å². The summed E-state index contributed by atoms with van der Waals surface area (Å²) in [5.41, 5.74) is 0. The largest absolute Gasteiger partial charge is 0.481 e. The first-order chi connectivity index (χ1) is 13.6. The molecule has 0 spiro atoms. The normalized spacial score (nSPS) is 13.2. The number of aliphatic carboxylic acids is 1. The Morgan fingerprint density at radius 2 is 1.14 bits per heavy atom. The van der Waals surface area contributed by atoms with Crippen molar-refractivity contribution in [2.24, 2.45) is 5.92 Å². The lowest BCUT2D eigenvalue weighted by molar-refractivity contribution is -0.159. The van der Waals surface area contributed by atoms with Crippen molar-refractivity contribution in [2.75, 3.05) is 0 Å². The van der Waals surface area contributed by atoms with Crippen molar-refractivity contribution in [2.45, 2.75) is 136 Å². The van der Waals surface area contributed by atoms with Gasteiger partial charge in [-0.05, 0) is 25.7 Å². The molecule has 2 unspecified atom stereocenters. The molecule has 0 rings (SSSR count). The average molecular weight is 399 g/mol. The second-order valence-electron chi connectivity index (χ2n) is 8.19. The van der Waals surface area contributed by atoms with Crippen LogP contribution in [0.3, 0.4) is 0 Å². The highest BCUT2D eigenvalue weighted by atomic mass is 16.5. The second kappa shape index (κ2) is 19.3. The van der Waals surface area contributed by atoms with Gasteiger partial charge in [0.15, 0.2) is 0 Å². The minimum atomic E-state index is -0.817. The number of esters is 1. The number of carboxylic acid groups (broad SMARTS) is 1. The Balaban J connectivity index is 4.56. The molecule has 0 aliphatic heterocycles. The predicted molar refractivity (Wildman–Crippen MR) is 117 cm³/mol. The van der Waals surface area contributed by atoms with E-state index in [1.54, 1.807) is 0 Å². The number of ether oxygens (including phenoxy) is 1. The van der Waals surface area contributed by atoms with Crippen molar-refractivity contribution in [3.8, 4) is 0 Å². The SMILES string of the molecule is CCCCCCCCCC(OC(=O)CCCCCC)C(CCCCC)C(=O)O. The van der Waals surface area contributed by atoms with Crippen LogP contribution in [0, 0.1) is 5.92 Å². The summed E-state index contributed by atoms with van der Waals surface area (Å²) < 4.78 is 5.71. The fourth-order valence-electron chi connectivity index (χ4n) is 3.65. The molecule has 0 fully saturated rings. The predicted octanol–water partition coefficient (Wildman–Crippen LogP) is 7.29. The molecule has 2 atom stereocenters. The quantitative estimate of drug-likeness (QED) is 0.173. The van der Waals surface area contributed by atoms with Crippen LogP contribution in [0.15, 0.2) is 0 Å². The van der Waals surface area contributed by atoms with Crippen molar-refractivity contribution < 1.29 is 19.4 Å². The number of unbranched alkanes of at least 4 members (excludes halogenated alkanes) is 11. The molecular weight excluding hydrogens is 352 g/mol. The van der Waals surface area contributed by atoms with E-state index < -0.39 is 18.0 Å². The summed E-state index contributed by atoms with van der Waals surface area (Å²) in [6, 6.07) is 0. The van der Waals surface area contributed by atoms with Gasteiger partial charge in [-0.15, -0.1) is 0 Å². The zero-order valence-corrected chi connectivity index (χ0v) is 18.8. The van der Waals surface area contributed by atoms with Gasteiger partial charge in [0.05, 0.1) is 5.92 Å². The average Bonchev–Trinajstić information content (AvgIpc) is 2.67. The molecule has 0 aromatic heterocycles. The first-order valence-electron chi connectivity index (χ1n) is 12.0. The maximum absolute atomic E-state index is 12.3. The second-order valence-corrected chi connectivity index (χ2v) is 8.19. The maximum Gasteiger partial charge on any atom is 0.310 e. The van der Waals surface area contributed by atoms with Crippen LogP contribution in [0.5, 0.6) is 0 Å². The molecule has 0 aromatic rings. The minimum absolute atomic E-state index is 0.217. The molecule has 0 aliphatic carbocycles. The topological polar surface area (TPSA) is 63.6 Å². The summed E-state index contributed by atoms with van der Waals surface area (Å²) in [5.74, 6) is -1.60. The standard InChI is InChI=1S/C24H46O4/c1-4-7-10-12-13-14-16-19-22(21(24(26)27)18-15-9-6-3)28-23(25)20-17-11-8-5-2/h21-22H,4-20H2,1-3H3,(H,26,27). The van der Waals surface area contributed by atoms with E-state index in [9.17, 15) is 14.7 Å². The van der Waals surface area contributed by atoms with E-state index in [0.29, 0.717) is 19.3 Å². The minimum Gasteiger partial charge on any atom is -0.481 e. The van der Waals surface area contributed by atoms with Gasteiger partial charge >= 0.3 is 11.9 Å². The van der Waals surface area contributed by atoms with E-state index >= 15 is 0 Å². The Morgan fingerprint density at radius 3 is 1.71 bits per heavy atom. The Labute approximate surface area is 173 Å². The number of carbonyl (C=O) groups is 2. The van der Waals surface area contributed by atoms with E-state index in [1.165, 1.54) is 32.1 Å². The lowest BCUT2D eigenvalue weighted by atomic mass is 9.91. The number of carboxylic acids is 1. The van der Waals surface area contributed by atoms with E-state index in [2.05, 4.69) is 20.8 Å². The highest BCUT2D eigenvalue weighted by molar-refractivity contribution is 5.73. The molecule has 28 heavy (non-hydrogen) atoms. The molecule has 0 amide bonds. The van der Waals surface area contributed by atoms with Crippen molar-refractivity contribution in [1.29, 1.82) is 0 Å². The molecular formula is C24H46O4. The van der Waals surface area contributed by atoms with Gasteiger partial charge in [0, 0.05) is 6.42 Å². The highest BCUT2D eigenvalue weighted by Gasteiger charge is 2.30. The maximum atomic E-state index is 12.3. The van der Waals surface area contributed by atoms with Gasteiger partial charge in [-0.25, -0.2) is 0 Å². The van der Waals surface area contributed by atoms with Crippen molar-refractivity contribution in [3.05, 3.63) is 0 Å². The molecule has 4 nitrogen and oxygen atoms in total. The Morgan fingerprint density at radius 1 is 0.679 bits per heavy atom. The number of rotatable bonds is 20. The molecule has 0 heterocycles. The third kappa shape index (κ3) is 14.9. The van der Waals surface area contributed by atoms with Crippen molar-refractivity contribution in [1.82, 2.24) is 0 Å². The lowest BCUT2D eigenvalue weighted by Crippen LogP contribution is -2.32. The molecule has 166 valence electrons. The summed E-state index contributed by atoms with van der Waals surface area (Å²) in [4.78, 5) is 24.1. The molecule has 4 heteroatoms. The van der Waals surface area contributed by atoms with E-state index in [0.717, 1.165) is 57.8 Å². The lowest BCUT2D eigenvalue weighted by Gasteiger charge is -2.24. The fraction of sp³-hybridized carbons (Fsp3) is 0.917. The smallest absolute Gasteiger partial charge is 0.310 e. The molecule has 0 bridgehead atoms. The van der Waals surface area contributed by atoms with Crippen LogP contribution in [0.2, 0.25) is 0 Å². The van der Waals surface area contributed by atoms with Crippen LogP contribution in [0.1, 0.15) is 130 Å². The summed E-state index contributed by atoms with van der Waals surface area (Å²) in [7, 11) is 0. The molecule has 0 radical (unpaired) electrons. The third-order valence-corrected chi connectivity index (χ3v) is 5.49. The van der Waals surface area contributed by atoms with Gasteiger partial charge in [0.1, 0.15) is 6.10 Å². The molecule has 0 saturated heterocycles. The zero-order valence-electron chi connectivity index (χ0n) is 18.8. The van der Waals surface area contributed by atoms with Crippen molar-refractivity contribution in [3.63, 3.8) is 0 Å². The monoisotopic (exact) mass is 398 g/mol. The van der Waals surface area contributed by atoms with Gasteiger partial charge in [0.25, 0.3) is 0 Å². The van der Waals surface area contributed by atoms with Crippen molar-refractivity contribution >= 4 is 11.9 Å². The Bertz CT molecular complexity index is 381. The van der Waals surface area contributed by atoms with Crippen LogP contribution in [0.4, 0.5) is 0 Å².